The van der Waals surface area contributed by atoms with Crippen LogP contribution < -0.4 is 0 Å². The van der Waals surface area contributed by atoms with E-state index in [-0.39, 0.29) is 24.8 Å². The zero-order chi connectivity index (χ0) is 20.0. The molecule has 0 unspecified atom stereocenters. The lowest BCUT2D eigenvalue weighted by Gasteiger charge is -2.26. The van der Waals surface area contributed by atoms with Crippen molar-refractivity contribution in [3.63, 3.8) is 0 Å². The van der Waals surface area contributed by atoms with Crippen molar-refractivity contribution < 1.29 is 15.0 Å². The fraction of sp³-hybridized carbons (Fsp3) is 0.238. The predicted molar refractivity (Wildman–Crippen MR) is 109 cm³/mol. The van der Waals surface area contributed by atoms with Crippen LogP contribution in [0.2, 0.25) is 0 Å². The van der Waals surface area contributed by atoms with Gasteiger partial charge in [0.1, 0.15) is 17.1 Å². The fourth-order valence-corrected chi connectivity index (χ4v) is 4.23. The standard InChI is InChI=1S/C21H20BrN3O3/c1-11-9-12(2)16(15(27)10-11)18-17-19(24-23-18)21(28)25(7-8-26)20(17)13-3-5-14(22)6-4-13/h3-6,9-10,20,26-27H,7-8H2,1-2H3,(H,23,24)/t20-/m1/s1. The number of phenols is 1. The van der Waals surface area contributed by atoms with Crippen LogP contribution in [0.5, 0.6) is 5.75 Å². The minimum absolute atomic E-state index is 0.134. The van der Waals surface area contributed by atoms with Crippen molar-refractivity contribution in [1.82, 2.24) is 15.1 Å². The molecule has 0 saturated heterocycles. The second-order valence-corrected chi connectivity index (χ2v) is 7.93. The number of hydrogen-bond acceptors (Lipinski definition) is 4. The number of rotatable bonds is 4. The highest BCUT2D eigenvalue weighted by molar-refractivity contribution is 9.10. The number of carbonyl (C=O) groups excluding carboxylic acids is 1. The number of aromatic nitrogens is 2. The zero-order valence-corrected chi connectivity index (χ0v) is 17.1. The highest BCUT2D eigenvalue weighted by Gasteiger charge is 2.42. The molecule has 3 N–H and O–H groups in total. The fourth-order valence-electron chi connectivity index (χ4n) is 3.97. The van der Waals surface area contributed by atoms with E-state index in [4.69, 9.17) is 0 Å². The zero-order valence-electron chi connectivity index (χ0n) is 15.5. The molecule has 144 valence electrons. The molecule has 1 aliphatic heterocycles. The molecule has 28 heavy (non-hydrogen) atoms. The Balaban J connectivity index is 1.94. The number of phenolic OH excluding ortho intramolecular Hbond substituents is 1. The van der Waals surface area contributed by atoms with Gasteiger partial charge in [0.2, 0.25) is 0 Å². The molecule has 6 nitrogen and oxygen atoms in total. The number of aryl methyl sites for hydroxylation is 2. The molecule has 0 saturated carbocycles. The molecule has 0 bridgehead atoms. The molecule has 4 rings (SSSR count). The molecule has 1 aliphatic rings. The topological polar surface area (TPSA) is 89.5 Å². The smallest absolute Gasteiger partial charge is 0.273 e. The Kier molecular flexibility index (Phi) is 4.72. The van der Waals surface area contributed by atoms with E-state index in [0.29, 0.717) is 17.0 Å². The lowest BCUT2D eigenvalue weighted by molar-refractivity contribution is 0.0706. The molecule has 0 aliphatic carbocycles. The number of aliphatic hydroxyl groups excluding tert-OH is 1. The van der Waals surface area contributed by atoms with Gasteiger partial charge in [0.15, 0.2) is 0 Å². The highest BCUT2D eigenvalue weighted by atomic mass is 79.9. The largest absolute Gasteiger partial charge is 0.507 e. The maximum atomic E-state index is 13.0. The molecule has 2 aromatic carbocycles. The summed E-state index contributed by atoms with van der Waals surface area (Å²) in [5.74, 6) is -0.0746. The van der Waals surface area contributed by atoms with Crippen LogP contribution in [0.3, 0.4) is 0 Å². The van der Waals surface area contributed by atoms with Gasteiger partial charge in [-0.2, -0.15) is 5.10 Å². The number of aromatic hydroxyl groups is 1. The Morgan fingerprint density at radius 1 is 1.21 bits per heavy atom. The summed E-state index contributed by atoms with van der Waals surface area (Å²) in [6.45, 7) is 3.91. The summed E-state index contributed by atoms with van der Waals surface area (Å²) in [5, 5.41) is 27.4. The summed E-state index contributed by atoms with van der Waals surface area (Å²) in [4.78, 5) is 14.6. The summed E-state index contributed by atoms with van der Waals surface area (Å²) < 4.78 is 0.939. The number of H-pyrrole nitrogens is 1. The Morgan fingerprint density at radius 2 is 1.93 bits per heavy atom. The minimum atomic E-state index is -0.392. The third-order valence-electron chi connectivity index (χ3n) is 5.09. The number of amides is 1. The number of aliphatic hydroxyl groups is 1. The molecule has 1 amide bonds. The van der Waals surface area contributed by atoms with Gasteiger partial charge >= 0.3 is 0 Å². The van der Waals surface area contributed by atoms with Crippen molar-refractivity contribution >= 4 is 21.8 Å². The molecular weight excluding hydrogens is 422 g/mol. The average molecular weight is 442 g/mol. The summed E-state index contributed by atoms with van der Waals surface area (Å²) in [5.41, 5.74) is 5.05. The molecule has 1 aromatic heterocycles. The van der Waals surface area contributed by atoms with Crippen molar-refractivity contribution in [3.05, 3.63) is 68.8 Å². The van der Waals surface area contributed by atoms with Gasteiger partial charge in [-0.25, -0.2) is 0 Å². The highest BCUT2D eigenvalue weighted by Crippen LogP contribution is 2.45. The van der Waals surface area contributed by atoms with Crippen LogP contribution >= 0.6 is 15.9 Å². The predicted octanol–water partition coefficient (Wildman–Crippen LogP) is 3.70. The van der Waals surface area contributed by atoms with Gasteiger partial charge in [-0.15, -0.1) is 0 Å². The van der Waals surface area contributed by atoms with Crippen LogP contribution in [-0.4, -0.2) is 44.4 Å². The molecular formula is C21H20BrN3O3. The van der Waals surface area contributed by atoms with E-state index in [1.165, 1.54) is 0 Å². The number of hydrogen-bond donors (Lipinski definition) is 3. The van der Waals surface area contributed by atoms with Gasteiger partial charge in [0.05, 0.1) is 12.6 Å². The van der Waals surface area contributed by atoms with E-state index >= 15 is 0 Å². The van der Waals surface area contributed by atoms with Gasteiger partial charge in [0.25, 0.3) is 5.91 Å². The lowest BCUT2D eigenvalue weighted by Crippen LogP contribution is -2.32. The van der Waals surface area contributed by atoms with Gasteiger partial charge in [0, 0.05) is 22.1 Å². The van der Waals surface area contributed by atoms with E-state index in [9.17, 15) is 15.0 Å². The number of fused-ring (bicyclic) bond motifs is 1. The molecule has 0 radical (unpaired) electrons. The number of nitrogens with zero attached hydrogens (tertiary/aromatic N) is 2. The summed E-state index contributed by atoms with van der Waals surface area (Å²) in [6, 6.07) is 11.0. The monoisotopic (exact) mass is 441 g/mol. The average Bonchev–Trinajstić information content (AvgIpc) is 3.16. The van der Waals surface area contributed by atoms with Crippen molar-refractivity contribution in [3.8, 4) is 17.0 Å². The molecule has 3 aromatic rings. The lowest BCUT2D eigenvalue weighted by atomic mass is 9.93. The quantitative estimate of drug-likeness (QED) is 0.575. The Labute approximate surface area is 171 Å². The van der Waals surface area contributed by atoms with E-state index in [2.05, 4.69) is 26.1 Å². The maximum absolute atomic E-state index is 13.0. The second kappa shape index (κ2) is 7.07. The molecule has 0 spiro atoms. The van der Waals surface area contributed by atoms with Crippen molar-refractivity contribution in [2.24, 2.45) is 0 Å². The molecule has 2 heterocycles. The van der Waals surface area contributed by atoms with Gasteiger partial charge in [-0.05, 0) is 48.7 Å². The van der Waals surface area contributed by atoms with Crippen molar-refractivity contribution in [2.75, 3.05) is 13.2 Å². The van der Waals surface area contributed by atoms with Crippen LogP contribution in [0, 0.1) is 13.8 Å². The van der Waals surface area contributed by atoms with Crippen LogP contribution in [0.25, 0.3) is 11.3 Å². The first-order valence-corrected chi connectivity index (χ1v) is 9.77. The number of carbonyl (C=O) groups is 1. The number of nitrogens with one attached hydrogen (secondary N) is 1. The molecule has 1 atom stereocenters. The van der Waals surface area contributed by atoms with E-state index in [1.807, 2.05) is 44.2 Å². The first kappa shape index (κ1) is 18.7. The first-order chi connectivity index (χ1) is 13.4. The minimum Gasteiger partial charge on any atom is -0.507 e. The maximum Gasteiger partial charge on any atom is 0.273 e. The van der Waals surface area contributed by atoms with Gasteiger partial charge in [-0.1, -0.05) is 34.1 Å². The Hall–Kier alpha value is -2.64. The summed E-state index contributed by atoms with van der Waals surface area (Å²) in [6.07, 6.45) is 0. The van der Waals surface area contributed by atoms with E-state index in [0.717, 1.165) is 26.7 Å². The Bertz CT molecular complexity index is 1040. The molecule has 0 fully saturated rings. The van der Waals surface area contributed by atoms with Crippen molar-refractivity contribution in [2.45, 2.75) is 19.9 Å². The van der Waals surface area contributed by atoms with E-state index < -0.39 is 6.04 Å². The van der Waals surface area contributed by atoms with Crippen LogP contribution in [0.4, 0.5) is 0 Å². The third-order valence-corrected chi connectivity index (χ3v) is 5.61. The number of benzene rings is 2. The second-order valence-electron chi connectivity index (χ2n) is 7.01. The van der Waals surface area contributed by atoms with Gasteiger partial charge < -0.3 is 15.1 Å². The summed E-state index contributed by atoms with van der Waals surface area (Å²) in [7, 11) is 0. The van der Waals surface area contributed by atoms with E-state index in [1.54, 1.807) is 11.0 Å². The first-order valence-electron chi connectivity index (χ1n) is 8.98. The molecule has 7 heteroatoms. The summed E-state index contributed by atoms with van der Waals surface area (Å²) >= 11 is 3.44. The Morgan fingerprint density at radius 3 is 2.57 bits per heavy atom. The SMILES string of the molecule is Cc1cc(C)c(-c2n[nH]c3c2[C@@H](c2ccc(Br)cc2)N(CCO)C3=O)c(O)c1. The normalized spacial score (nSPS) is 15.9. The van der Waals surface area contributed by atoms with Crippen LogP contribution in [-0.2, 0) is 0 Å². The van der Waals surface area contributed by atoms with Crippen LogP contribution in [0.15, 0.2) is 40.9 Å². The van der Waals surface area contributed by atoms with Crippen molar-refractivity contribution in [1.29, 1.82) is 0 Å². The number of halogens is 1. The third kappa shape index (κ3) is 2.91. The van der Waals surface area contributed by atoms with Crippen LogP contribution in [0.1, 0.15) is 38.8 Å². The van der Waals surface area contributed by atoms with Gasteiger partial charge in [-0.3, -0.25) is 9.89 Å². The number of aromatic amines is 1. The number of β-amino-alcohol motifs (C(OH)–C–C–N with tert-alkyl or cyclic N) is 1.